The summed E-state index contributed by atoms with van der Waals surface area (Å²) in [7, 11) is 0. The van der Waals surface area contributed by atoms with Crippen molar-refractivity contribution >= 4 is 0 Å². The first-order chi connectivity index (χ1) is 13.8. The van der Waals surface area contributed by atoms with E-state index in [2.05, 4.69) is 4.98 Å². The molecule has 2 aliphatic rings. The van der Waals surface area contributed by atoms with Gasteiger partial charge in [-0.25, -0.2) is 9.37 Å². The van der Waals surface area contributed by atoms with Crippen molar-refractivity contribution in [1.29, 1.82) is 0 Å². The van der Waals surface area contributed by atoms with Crippen molar-refractivity contribution in [1.82, 2.24) is 9.55 Å². The zero-order valence-corrected chi connectivity index (χ0v) is 16.3. The number of fused-ring (bicyclic) bond motifs is 4. The lowest BCUT2D eigenvalue weighted by Gasteiger charge is -2.24. The highest BCUT2D eigenvalue weighted by molar-refractivity contribution is 5.69. The average Bonchev–Trinajstić information content (AvgIpc) is 3.36. The largest absolute Gasteiger partial charge is 0.487 e. The van der Waals surface area contributed by atoms with E-state index >= 15 is 0 Å². The molecule has 3 heterocycles. The van der Waals surface area contributed by atoms with E-state index in [0.717, 1.165) is 22.4 Å². The van der Waals surface area contributed by atoms with Gasteiger partial charge in [-0.1, -0.05) is 24.3 Å². The SMILES string of the molecule is CC(C)(O)C1Cc2cc(C(O)CC3c4ccccc4-c4cncn43)c(F)cc2O1. The van der Waals surface area contributed by atoms with Crippen LogP contribution < -0.4 is 4.74 Å². The van der Waals surface area contributed by atoms with Crippen LogP contribution in [0.25, 0.3) is 11.3 Å². The minimum Gasteiger partial charge on any atom is -0.487 e. The van der Waals surface area contributed by atoms with Gasteiger partial charge in [0.05, 0.1) is 36.0 Å². The summed E-state index contributed by atoms with van der Waals surface area (Å²) in [6.07, 6.45) is 2.98. The van der Waals surface area contributed by atoms with Crippen LogP contribution in [0.3, 0.4) is 0 Å². The smallest absolute Gasteiger partial charge is 0.132 e. The van der Waals surface area contributed by atoms with Gasteiger partial charge in [0.15, 0.2) is 0 Å². The summed E-state index contributed by atoms with van der Waals surface area (Å²) in [5.41, 5.74) is 3.25. The summed E-state index contributed by atoms with van der Waals surface area (Å²) < 4.78 is 22.6. The maximum Gasteiger partial charge on any atom is 0.132 e. The third kappa shape index (κ3) is 2.94. The van der Waals surface area contributed by atoms with Crippen LogP contribution in [0, 0.1) is 5.82 Å². The Bertz CT molecular complexity index is 1090. The van der Waals surface area contributed by atoms with E-state index in [1.165, 1.54) is 6.07 Å². The number of aliphatic hydroxyl groups excluding tert-OH is 1. The fraction of sp³-hybridized carbons (Fsp3) is 0.348. The van der Waals surface area contributed by atoms with Gasteiger partial charge in [-0.3, -0.25) is 0 Å². The van der Waals surface area contributed by atoms with E-state index in [-0.39, 0.29) is 11.6 Å². The molecule has 2 aromatic carbocycles. The molecule has 0 spiro atoms. The first kappa shape index (κ1) is 18.3. The first-order valence-electron chi connectivity index (χ1n) is 9.83. The molecular weight excluding hydrogens is 371 g/mol. The van der Waals surface area contributed by atoms with Gasteiger partial charge in [0, 0.05) is 30.0 Å². The summed E-state index contributed by atoms with van der Waals surface area (Å²) in [5.74, 6) is -0.0570. The Morgan fingerprint density at radius 3 is 2.90 bits per heavy atom. The molecule has 29 heavy (non-hydrogen) atoms. The number of halogens is 1. The molecule has 6 heteroatoms. The number of imidazole rings is 1. The van der Waals surface area contributed by atoms with Crippen LogP contribution >= 0.6 is 0 Å². The molecule has 0 saturated heterocycles. The molecule has 0 amide bonds. The molecule has 2 aliphatic heterocycles. The molecule has 3 aromatic rings. The first-order valence-corrected chi connectivity index (χ1v) is 9.83. The van der Waals surface area contributed by atoms with E-state index in [0.29, 0.717) is 18.6 Å². The molecule has 5 nitrogen and oxygen atoms in total. The Morgan fingerprint density at radius 1 is 1.31 bits per heavy atom. The Morgan fingerprint density at radius 2 is 2.10 bits per heavy atom. The summed E-state index contributed by atoms with van der Waals surface area (Å²) in [6.45, 7) is 3.35. The second kappa shape index (κ2) is 6.40. The summed E-state index contributed by atoms with van der Waals surface area (Å²) in [6, 6.07) is 10.9. The quantitative estimate of drug-likeness (QED) is 0.707. The summed E-state index contributed by atoms with van der Waals surface area (Å²) in [4.78, 5) is 4.24. The van der Waals surface area contributed by atoms with Gasteiger partial charge in [-0.15, -0.1) is 0 Å². The van der Waals surface area contributed by atoms with E-state index in [1.807, 2.05) is 35.0 Å². The average molecular weight is 394 g/mol. The van der Waals surface area contributed by atoms with Gasteiger partial charge in [0.1, 0.15) is 17.7 Å². The highest BCUT2D eigenvalue weighted by atomic mass is 19.1. The maximum atomic E-state index is 14.8. The predicted molar refractivity (Wildman–Crippen MR) is 106 cm³/mol. The maximum absolute atomic E-state index is 14.8. The van der Waals surface area contributed by atoms with Crippen molar-refractivity contribution in [2.24, 2.45) is 0 Å². The van der Waals surface area contributed by atoms with Gasteiger partial charge < -0.3 is 19.5 Å². The monoisotopic (exact) mass is 394 g/mol. The van der Waals surface area contributed by atoms with Crippen LogP contribution in [0.1, 0.15) is 49.1 Å². The van der Waals surface area contributed by atoms with Crippen molar-refractivity contribution in [2.45, 2.75) is 50.5 Å². The van der Waals surface area contributed by atoms with Crippen LogP contribution in [0.5, 0.6) is 5.75 Å². The molecule has 3 atom stereocenters. The number of aromatic nitrogens is 2. The second-order valence-electron chi connectivity index (χ2n) is 8.49. The van der Waals surface area contributed by atoms with Crippen molar-refractivity contribution in [3.8, 4) is 17.0 Å². The second-order valence-corrected chi connectivity index (χ2v) is 8.49. The zero-order chi connectivity index (χ0) is 20.3. The third-order valence-electron chi connectivity index (χ3n) is 6.05. The fourth-order valence-corrected chi connectivity index (χ4v) is 4.44. The number of rotatable bonds is 4. The van der Waals surface area contributed by atoms with E-state index in [1.54, 1.807) is 26.2 Å². The van der Waals surface area contributed by atoms with Crippen LogP contribution in [0.15, 0.2) is 48.9 Å². The Kier molecular flexibility index (Phi) is 4.05. The van der Waals surface area contributed by atoms with Crippen LogP contribution in [-0.2, 0) is 6.42 Å². The lowest BCUT2D eigenvalue weighted by atomic mass is 9.93. The number of ether oxygens (including phenoxy) is 1. The highest BCUT2D eigenvalue weighted by Gasteiger charge is 2.36. The highest BCUT2D eigenvalue weighted by Crippen LogP contribution is 2.44. The van der Waals surface area contributed by atoms with E-state index in [9.17, 15) is 14.6 Å². The number of nitrogens with zero attached hydrogens (tertiary/aromatic N) is 2. The number of hydrogen-bond donors (Lipinski definition) is 2. The summed E-state index contributed by atoms with van der Waals surface area (Å²) in [5, 5.41) is 21.2. The normalized spacial score (nSPS) is 20.7. The van der Waals surface area contributed by atoms with Crippen molar-refractivity contribution < 1.29 is 19.3 Å². The van der Waals surface area contributed by atoms with E-state index in [4.69, 9.17) is 4.74 Å². The van der Waals surface area contributed by atoms with E-state index < -0.39 is 23.6 Å². The number of hydrogen-bond acceptors (Lipinski definition) is 4. The lowest BCUT2D eigenvalue weighted by Crippen LogP contribution is -2.39. The van der Waals surface area contributed by atoms with Crippen molar-refractivity contribution in [3.63, 3.8) is 0 Å². The molecule has 0 bridgehead atoms. The zero-order valence-electron chi connectivity index (χ0n) is 16.3. The van der Waals surface area contributed by atoms with Gasteiger partial charge in [0.2, 0.25) is 0 Å². The molecule has 0 fully saturated rings. The van der Waals surface area contributed by atoms with Crippen LogP contribution in [-0.4, -0.2) is 31.5 Å². The standard InChI is InChI=1S/C23H23FN2O3/c1-23(2,28)22-8-13-7-16(17(24)9-21(13)29-22)20(27)10-18-14-5-3-4-6-15(14)19-11-25-12-26(18)19/h3-7,9,11-12,18,20,22,27-28H,8,10H2,1-2H3. The topological polar surface area (TPSA) is 67.5 Å². The molecule has 0 aliphatic carbocycles. The van der Waals surface area contributed by atoms with Gasteiger partial charge in [-0.2, -0.15) is 0 Å². The predicted octanol–water partition coefficient (Wildman–Crippen LogP) is 3.79. The summed E-state index contributed by atoms with van der Waals surface area (Å²) >= 11 is 0. The number of aliphatic hydroxyl groups is 2. The molecular formula is C23H23FN2O3. The van der Waals surface area contributed by atoms with Crippen LogP contribution in [0.2, 0.25) is 0 Å². The molecule has 0 saturated carbocycles. The Balaban J connectivity index is 1.44. The molecule has 150 valence electrons. The molecule has 2 N–H and O–H groups in total. The fourth-order valence-electron chi connectivity index (χ4n) is 4.44. The molecule has 3 unspecified atom stereocenters. The Labute approximate surface area is 168 Å². The van der Waals surface area contributed by atoms with Crippen molar-refractivity contribution in [3.05, 3.63) is 71.4 Å². The minimum atomic E-state index is -1.03. The Hall–Kier alpha value is -2.70. The minimum absolute atomic E-state index is 0.105. The van der Waals surface area contributed by atoms with Crippen molar-refractivity contribution in [2.75, 3.05) is 0 Å². The van der Waals surface area contributed by atoms with Gasteiger partial charge in [-0.05, 0) is 31.0 Å². The molecule has 1 aromatic heterocycles. The van der Waals surface area contributed by atoms with Crippen LogP contribution in [0.4, 0.5) is 4.39 Å². The van der Waals surface area contributed by atoms with Gasteiger partial charge >= 0.3 is 0 Å². The van der Waals surface area contributed by atoms with Gasteiger partial charge in [0.25, 0.3) is 0 Å². The lowest BCUT2D eigenvalue weighted by molar-refractivity contribution is -0.0230. The molecule has 5 rings (SSSR count). The number of benzene rings is 2. The molecule has 0 radical (unpaired) electrons. The third-order valence-corrected chi connectivity index (χ3v) is 6.05.